The van der Waals surface area contributed by atoms with Gasteiger partial charge >= 0.3 is 0 Å². The summed E-state index contributed by atoms with van der Waals surface area (Å²) < 4.78 is 26.1. The summed E-state index contributed by atoms with van der Waals surface area (Å²) >= 11 is 3.30. The van der Waals surface area contributed by atoms with Gasteiger partial charge in [-0.3, -0.25) is 0 Å². The number of ether oxygens (including phenoxy) is 2. The second-order valence-electron chi connectivity index (χ2n) is 5.33. The van der Waals surface area contributed by atoms with Crippen LogP contribution in [0.25, 0.3) is 0 Å². The lowest BCUT2D eigenvalue weighted by Crippen LogP contribution is -2.36. The molecule has 1 aromatic carbocycles. The lowest BCUT2D eigenvalue weighted by atomic mass is 9.85. The molecule has 0 radical (unpaired) electrons. The average molecular weight is 344 g/mol. The molecule has 3 nitrogen and oxygen atoms in total. The van der Waals surface area contributed by atoms with Gasteiger partial charge in [-0.15, -0.1) is 0 Å². The third kappa shape index (κ3) is 2.91. The van der Waals surface area contributed by atoms with E-state index >= 15 is 0 Å². The summed E-state index contributed by atoms with van der Waals surface area (Å²) in [5, 5.41) is 3.37. The van der Waals surface area contributed by atoms with Crippen molar-refractivity contribution in [2.45, 2.75) is 24.8 Å². The third-order valence-electron chi connectivity index (χ3n) is 4.10. The average Bonchev–Trinajstić information content (AvgIpc) is 2.51. The Hall–Kier alpha value is -0.490. The van der Waals surface area contributed by atoms with Gasteiger partial charge in [0.1, 0.15) is 5.82 Å². The van der Waals surface area contributed by atoms with Gasteiger partial charge < -0.3 is 14.8 Å². The lowest BCUT2D eigenvalue weighted by molar-refractivity contribution is 0.0727. The molecule has 2 aliphatic rings. The van der Waals surface area contributed by atoms with E-state index in [9.17, 15) is 4.39 Å². The SMILES string of the molecule is Fc1c(Br)ccc(C2CCOCC2)c1C1COCCN1. The largest absolute Gasteiger partial charge is 0.381 e. The van der Waals surface area contributed by atoms with E-state index in [1.165, 1.54) is 0 Å². The van der Waals surface area contributed by atoms with Gasteiger partial charge in [-0.05, 0) is 46.3 Å². The minimum absolute atomic E-state index is 0.0564. The van der Waals surface area contributed by atoms with Crippen molar-refractivity contribution in [1.82, 2.24) is 5.32 Å². The fourth-order valence-corrected chi connectivity index (χ4v) is 3.40. The Bertz CT molecular complexity index is 471. The highest BCUT2D eigenvalue weighted by Crippen LogP contribution is 2.36. The number of halogens is 2. The molecule has 2 heterocycles. The first-order chi connectivity index (χ1) is 9.77. The van der Waals surface area contributed by atoms with E-state index in [0.29, 0.717) is 23.6 Å². The van der Waals surface area contributed by atoms with Crippen molar-refractivity contribution in [3.05, 3.63) is 33.5 Å². The fraction of sp³-hybridized carbons (Fsp3) is 0.600. The second kappa shape index (κ2) is 6.52. The standard InChI is InChI=1S/C15H19BrFNO2/c16-12-2-1-11(10-3-6-19-7-4-10)14(15(12)17)13-9-20-8-5-18-13/h1-2,10,13,18H,3-9H2. The van der Waals surface area contributed by atoms with E-state index in [4.69, 9.17) is 9.47 Å². The van der Waals surface area contributed by atoms with Gasteiger partial charge in [0.25, 0.3) is 0 Å². The quantitative estimate of drug-likeness (QED) is 0.894. The van der Waals surface area contributed by atoms with Crippen LogP contribution in [0.1, 0.15) is 35.9 Å². The first-order valence-corrected chi connectivity index (χ1v) is 7.93. The summed E-state index contributed by atoms with van der Waals surface area (Å²) in [5.41, 5.74) is 1.88. The topological polar surface area (TPSA) is 30.5 Å². The van der Waals surface area contributed by atoms with Crippen molar-refractivity contribution in [2.24, 2.45) is 0 Å². The van der Waals surface area contributed by atoms with E-state index in [1.807, 2.05) is 6.07 Å². The van der Waals surface area contributed by atoms with Crippen LogP contribution >= 0.6 is 15.9 Å². The minimum atomic E-state index is -0.156. The van der Waals surface area contributed by atoms with E-state index in [0.717, 1.165) is 43.7 Å². The zero-order valence-corrected chi connectivity index (χ0v) is 12.9. The van der Waals surface area contributed by atoms with Gasteiger partial charge in [0, 0.05) is 25.3 Å². The Kier molecular flexibility index (Phi) is 4.71. The number of hydrogen-bond donors (Lipinski definition) is 1. The number of morpholine rings is 1. The Labute approximate surface area is 127 Å². The molecule has 2 aliphatic heterocycles. The van der Waals surface area contributed by atoms with Crippen LogP contribution in [-0.2, 0) is 9.47 Å². The van der Waals surface area contributed by atoms with E-state index in [-0.39, 0.29) is 11.9 Å². The Morgan fingerprint density at radius 1 is 1.15 bits per heavy atom. The van der Waals surface area contributed by atoms with Crippen LogP contribution in [0, 0.1) is 5.82 Å². The smallest absolute Gasteiger partial charge is 0.142 e. The molecular formula is C15H19BrFNO2. The zero-order valence-electron chi connectivity index (χ0n) is 11.3. The van der Waals surface area contributed by atoms with Crippen molar-refractivity contribution >= 4 is 15.9 Å². The molecule has 0 bridgehead atoms. The number of hydrogen-bond acceptors (Lipinski definition) is 3. The number of nitrogens with one attached hydrogen (secondary N) is 1. The highest BCUT2D eigenvalue weighted by Gasteiger charge is 2.28. The van der Waals surface area contributed by atoms with Crippen molar-refractivity contribution < 1.29 is 13.9 Å². The first kappa shape index (κ1) is 14.4. The molecule has 2 fully saturated rings. The van der Waals surface area contributed by atoms with Gasteiger partial charge in [0.05, 0.1) is 23.7 Å². The molecule has 110 valence electrons. The van der Waals surface area contributed by atoms with E-state index in [2.05, 4.69) is 27.3 Å². The second-order valence-corrected chi connectivity index (χ2v) is 6.19. The molecule has 1 aromatic rings. The van der Waals surface area contributed by atoms with Crippen LogP contribution in [0.5, 0.6) is 0 Å². The first-order valence-electron chi connectivity index (χ1n) is 7.14. The molecule has 0 saturated carbocycles. The van der Waals surface area contributed by atoms with Gasteiger partial charge in [-0.25, -0.2) is 4.39 Å². The Balaban J connectivity index is 1.97. The monoisotopic (exact) mass is 343 g/mol. The molecular weight excluding hydrogens is 325 g/mol. The molecule has 2 saturated heterocycles. The molecule has 0 aliphatic carbocycles. The molecule has 5 heteroatoms. The predicted octanol–water partition coefficient (Wildman–Crippen LogP) is 3.14. The highest BCUT2D eigenvalue weighted by molar-refractivity contribution is 9.10. The minimum Gasteiger partial charge on any atom is -0.381 e. The van der Waals surface area contributed by atoms with Crippen molar-refractivity contribution in [2.75, 3.05) is 33.0 Å². The summed E-state index contributed by atoms with van der Waals surface area (Å²) in [5.74, 6) is 0.224. The van der Waals surface area contributed by atoms with Crippen molar-refractivity contribution in [3.8, 4) is 0 Å². The summed E-state index contributed by atoms with van der Waals surface area (Å²) in [6.07, 6.45) is 1.92. The van der Waals surface area contributed by atoms with Gasteiger partial charge in [0.15, 0.2) is 0 Å². The van der Waals surface area contributed by atoms with Crippen molar-refractivity contribution in [3.63, 3.8) is 0 Å². The lowest BCUT2D eigenvalue weighted by Gasteiger charge is -2.30. The number of rotatable bonds is 2. The maximum absolute atomic E-state index is 14.6. The molecule has 3 rings (SSSR count). The van der Waals surface area contributed by atoms with Crippen LogP contribution in [0.15, 0.2) is 16.6 Å². The summed E-state index contributed by atoms with van der Waals surface area (Å²) in [4.78, 5) is 0. The predicted molar refractivity (Wildman–Crippen MR) is 78.5 cm³/mol. The molecule has 0 spiro atoms. The number of benzene rings is 1. The fourth-order valence-electron chi connectivity index (χ4n) is 3.05. The molecule has 0 amide bonds. The van der Waals surface area contributed by atoms with Crippen LogP contribution in [0.3, 0.4) is 0 Å². The maximum atomic E-state index is 14.6. The van der Waals surface area contributed by atoms with Crippen LogP contribution in [-0.4, -0.2) is 33.0 Å². The molecule has 20 heavy (non-hydrogen) atoms. The van der Waals surface area contributed by atoms with Crippen LogP contribution in [0.2, 0.25) is 0 Å². The highest BCUT2D eigenvalue weighted by atomic mass is 79.9. The van der Waals surface area contributed by atoms with Crippen molar-refractivity contribution in [1.29, 1.82) is 0 Å². The molecule has 1 unspecified atom stereocenters. The maximum Gasteiger partial charge on any atom is 0.142 e. The van der Waals surface area contributed by atoms with E-state index < -0.39 is 0 Å². The Morgan fingerprint density at radius 2 is 1.95 bits per heavy atom. The van der Waals surface area contributed by atoms with Gasteiger partial charge in [0.2, 0.25) is 0 Å². The summed E-state index contributed by atoms with van der Waals surface area (Å²) in [6.45, 7) is 3.51. The van der Waals surface area contributed by atoms with Gasteiger partial charge in [-0.1, -0.05) is 6.07 Å². The Morgan fingerprint density at radius 3 is 2.65 bits per heavy atom. The summed E-state index contributed by atoms with van der Waals surface area (Å²) in [6, 6.07) is 3.81. The van der Waals surface area contributed by atoms with Gasteiger partial charge in [-0.2, -0.15) is 0 Å². The molecule has 1 N–H and O–H groups in total. The van der Waals surface area contributed by atoms with E-state index in [1.54, 1.807) is 0 Å². The van der Waals surface area contributed by atoms with Crippen LogP contribution in [0.4, 0.5) is 4.39 Å². The zero-order chi connectivity index (χ0) is 13.9. The molecule has 0 aromatic heterocycles. The summed E-state index contributed by atoms with van der Waals surface area (Å²) in [7, 11) is 0. The normalized spacial score (nSPS) is 24.8. The molecule has 1 atom stereocenters. The third-order valence-corrected chi connectivity index (χ3v) is 4.71. The van der Waals surface area contributed by atoms with Crippen LogP contribution < -0.4 is 5.32 Å².